The average Bonchev–Trinajstić information content (AvgIpc) is 3.21. The summed E-state index contributed by atoms with van der Waals surface area (Å²) < 4.78 is 27.4. The lowest BCUT2D eigenvalue weighted by atomic mass is 10.1. The molecule has 1 N–H and O–H groups in total. The van der Waals surface area contributed by atoms with E-state index in [0.29, 0.717) is 5.69 Å². The van der Waals surface area contributed by atoms with E-state index in [-0.39, 0.29) is 6.42 Å². The number of likely N-dealkylation sites (N-methyl/N-ethyl adjacent to an activating group) is 1. The molecule has 2 aromatic carbocycles. The number of nitrogens with one attached hydrogen (secondary N) is 1. The Hall–Kier alpha value is -2.68. The molecule has 0 atom stereocenters. The third-order valence-corrected chi connectivity index (χ3v) is 6.26. The van der Waals surface area contributed by atoms with E-state index in [2.05, 4.69) is 39.3 Å². The summed E-state index contributed by atoms with van der Waals surface area (Å²) in [4.78, 5) is 21.5. The molecule has 8 heteroatoms. The summed E-state index contributed by atoms with van der Waals surface area (Å²) in [6, 6.07) is 11.8. The Morgan fingerprint density at radius 2 is 1.74 bits per heavy atom. The van der Waals surface area contributed by atoms with Gasteiger partial charge in [0.1, 0.15) is 22.3 Å². The number of carbonyl (C=O) groups is 1. The minimum atomic E-state index is -0.802. The summed E-state index contributed by atoms with van der Waals surface area (Å²) in [7, 11) is 2.15. The predicted molar refractivity (Wildman–Crippen MR) is 119 cm³/mol. The van der Waals surface area contributed by atoms with Crippen molar-refractivity contribution in [1.82, 2.24) is 14.8 Å². The Morgan fingerprint density at radius 1 is 1.06 bits per heavy atom. The van der Waals surface area contributed by atoms with E-state index < -0.39 is 23.2 Å². The second kappa shape index (κ2) is 9.64. The summed E-state index contributed by atoms with van der Waals surface area (Å²) in [5, 5.41) is 4.90. The van der Waals surface area contributed by atoms with Crippen LogP contribution in [-0.4, -0.2) is 53.9 Å². The molecule has 1 fully saturated rings. The highest BCUT2D eigenvalue weighted by molar-refractivity contribution is 7.13. The second-order valence-corrected chi connectivity index (χ2v) is 8.60. The fourth-order valence-corrected chi connectivity index (χ4v) is 4.33. The molecule has 1 aliphatic rings. The highest BCUT2D eigenvalue weighted by atomic mass is 32.1. The number of nitrogens with zero attached hydrogens (tertiary/aromatic N) is 3. The molecule has 31 heavy (non-hydrogen) atoms. The summed E-state index contributed by atoms with van der Waals surface area (Å²) in [5.74, 6) is -2.11. The lowest BCUT2D eigenvalue weighted by Crippen LogP contribution is -2.43. The van der Waals surface area contributed by atoms with E-state index in [9.17, 15) is 13.6 Å². The number of aromatic nitrogens is 1. The van der Waals surface area contributed by atoms with Crippen LogP contribution in [0.25, 0.3) is 10.6 Å². The smallest absolute Gasteiger partial charge is 0.230 e. The van der Waals surface area contributed by atoms with Crippen molar-refractivity contribution in [2.24, 2.45) is 0 Å². The van der Waals surface area contributed by atoms with Crippen LogP contribution in [0, 0.1) is 11.6 Å². The largest absolute Gasteiger partial charge is 0.321 e. The predicted octanol–water partition coefficient (Wildman–Crippen LogP) is 4.02. The van der Waals surface area contributed by atoms with E-state index in [1.165, 1.54) is 23.0 Å². The van der Waals surface area contributed by atoms with Gasteiger partial charge in [-0.05, 0) is 24.7 Å². The topological polar surface area (TPSA) is 48.5 Å². The number of benzene rings is 2. The Labute approximate surface area is 184 Å². The van der Waals surface area contributed by atoms with Gasteiger partial charge in [0.05, 0.1) is 12.1 Å². The van der Waals surface area contributed by atoms with Crippen molar-refractivity contribution in [2.75, 3.05) is 38.5 Å². The Kier molecular flexibility index (Phi) is 6.70. The minimum absolute atomic E-state index is 0.0498. The number of piperazine rings is 1. The summed E-state index contributed by atoms with van der Waals surface area (Å²) >= 11 is 1.44. The maximum absolute atomic E-state index is 13.7. The second-order valence-electron chi connectivity index (χ2n) is 7.74. The molecule has 5 nitrogen and oxygen atoms in total. The molecule has 0 saturated carbocycles. The molecule has 1 saturated heterocycles. The Balaban J connectivity index is 1.35. The molecule has 1 amide bonds. The van der Waals surface area contributed by atoms with Crippen molar-refractivity contribution in [2.45, 2.75) is 13.0 Å². The van der Waals surface area contributed by atoms with E-state index >= 15 is 0 Å². The van der Waals surface area contributed by atoms with Gasteiger partial charge in [0.25, 0.3) is 0 Å². The number of thiazole rings is 1. The third kappa shape index (κ3) is 5.52. The van der Waals surface area contributed by atoms with Gasteiger partial charge < -0.3 is 10.2 Å². The molecule has 2 heterocycles. The number of para-hydroxylation sites is 1. The lowest BCUT2D eigenvalue weighted by molar-refractivity contribution is -0.115. The minimum Gasteiger partial charge on any atom is -0.321 e. The van der Waals surface area contributed by atoms with Crippen molar-refractivity contribution in [3.05, 3.63) is 70.7 Å². The number of amides is 1. The summed E-state index contributed by atoms with van der Waals surface area (Å²) in [5.41, 5.74) is 2.38. The fraction of sp³-hybridized carbons (Fsp3) is 0.304. The SMILES string of the molecule is CN1CCN(Cc2ccc(-c3nc(CC(=O)Nc4c(F)cccc4F)cs3)cc2)CC1. The number of rotatable bonds is 6. The van der Waals surface area contributed by atoms with Gasteiger partial charge in [-0.25, -0.2) is 13.8 Å². The van der Waals surface area contributed by atoms with Gasteiger partial charge in [0, 0.05) is 43.7 Å². The first-order valence-electron chi connectivity index (χ1n) is 10.2. The third-order valence-electron chi connectivity index (χ3n) is 5.32. The molecule has 0 aliphatic carbocycles. The van der Waals surface area contributed by atoms with Gasteiger partial charge in [-0.2, -0.15) is 0 Å². The van der Waals surface area contributed by atoms with Crippen LogP contribution in [0.5, 0.6) is 0 Å². The van der Waals surface area contributed by atoms with Crippen LogP contribution >= 0.6 is 11.3 Å². The Morgan fingerprint density at radius 3 is 2.42 bits per heavy atom. The monoisotopic (exact) mass is 442 g/mol. The number of carbonyl (C=O) groups excluding carboxylic acids is 1. The molecular formula is C23H24F2N4OS. The zero-order valence-electron chi connectivity index (χ0n) is 17.3. The van der Waals surface area contributed by atoms with Crippen molar-refractivity contribution in [3.63, 3.8) is 0 Å². The van der Waals surface area contributed by atoms with E-state index in [0.717, 1.165) is 55.4 Å². The number of halogens is 2. The Bertz CT molecular complexity index is 1030. The summed E-state index contributed by atoms with van der Waals surface area (Å²) in [6.07, 6.45) is -0.0498. The maximum Gasteiger partial charge on any atom is 0.230 e. The zero-order chi connectivity index (χ0) is 21.8. The molecule has 4 rings (SSSR count). The standard InChI is InChI=1S/C23H24F2N4OS/c1-28-9-11-29(12-10-28)14-16-5-7-17(8-6-16)23-26-18(15-31-23)13-21(30)27-22-19(24)3-2-4-20(22)25/h2-8,15H,9-14H2,1H3,(H,27,30). The quantitative estimate of drug-likeness (QED) is 0.627. The molecule has 162 valence electrons. The average molecular weight is 443 g/mol. The van der Waals surface area contributed by atoms with Crippen molar-refractivity contribution >= 4 is 22.9 Å². The van der Waals surface area contributed by atoms with Crippen LogP contribution in [-0.2, 0) is 17.8 Å². The number of anilines is 1. The fourth-order valence-electron chi connectivity index (χ4n) is 3.50. The molecule has 0 spiro atoms. The zero-order valence-corrected chi connectivity index (χ0v) is 18.1. The van der Waals surface area contributed by atoms with Crippen LogP contribution in [0.3, 0.4) is 0 Å². The van der Waals surface area contributed by atoms with E-state index in [1.807, 2.05) is 12.1 Å². The van der Waals surface area contributed by atoms with Gasteiger partial charge in [0.2, 0.25) is 5.91 Å². The highest BCUT2D eigenvalue weighted by Crippen LogP contribution is 2.25. The van der Waals surface area contributed by atoms with Crippen LogP contribution in [0.2, 0.25) is 0 Å². The molecular weight excluding hydrogens is 418 g/mol. The van der Waals surface area contributed by atoms with Crippen LogP contribution in [0.1, 0.15) is 11.3 Å². The van der Waals surface area contributed by atoms with Gasteiger partial charge in [-0.15, -0.1) is 11.3 Å². The molecule has 1 aromatic heterocycles. The molecule has 1 aliphatic heterocycles. The van der Waals surface area contributed by atoms with Crippen molar-refractivity contribution in [1.29, 1.82) is 0 Å². The normalized spacial score (nSPS) is 15.2. The van der Waals surface area contributed by atoms with Crippen molar-refractivity contribution in [3.8, 4) is 10.6 Å². The highest BCUT2D eigenvalue weighted by Gasteiger charge is 2.15. The van der Waals surface area contributed by atoms with Crippen molar-refractivity contribution < 1.29 is 13.6 Å². The van der Waals surface area contributed by atoms with E-state index in [4.69, 9.17) is 0 Å². The number of hydrogen-bond donors (Lipinski definition) is 1. The molecule has 0 radical (unpaired) electrons. The molecule has 0 unspecified atom stereocenters. The van der Waals surface area contributed by atoms with Crippen LogP contribution in [0.4, 0.5) is 14.5 Å². The van der Waals surface area contributed by atoms with Gasteiger partial charge >= 0.3 is 0 Å². The lowest BCUT2D eigenvalue weighted by Gasteiger charge is -2.32. The van der Waals surface area contributed by atoms with E-state index in [1.54, 1.807) is 5.38 Å². The first-order chi connectivity index (χ1) is 15.0. The van der Waals surface area contributed by atoms with Gasteiger partial charge in [-0.3, -0.25) is 9.69 Å². The van der Waals surface area contributed by atoms with Gasteiger partial charge in [0.15, 0.2) is 0 Å². The van der Waals surface area contributed by atoms with Gasteiger partial charge in [-0.1, -0.05) is 30.3 Å². The first-order valence-corrected chi connectivity index (χ1v) is 11.0. The van der Waals surface area contributed by atoms with Crippen LogP contribution in [0.15, 0.2) is 47.8 Å². The van der Waals surface area contributed by atoms with Crippen LogP contribution < -0.4 is 5.32 Å². The molecule has 0 bridgehead atoms. The first kappa shape index (κ1) is 21.5. The maximum atomic E-state index is 13.7. The molecule has 3 aromatic rings. The summed E-state index contributed by atoms with van der Waals surface area (Å²) in [6.45, 7) is 5.28. The number of hydrogen-bond acceptors (Lipinski definition) is 5.